The number of aromatic nitrogens is 2. The fraction of sp³-hybridized carbons (Fsp3) is 0.300. The maximum absolute atomic E-state index is 5.68. The van der Waals surface area contributed by atoms with Crippen LogP contribution in [0.25, 0.3) is 0 Å². The Labute approximate surface area is 92.2 Å². The normalized spacial score (nSPS) is 10.7. The van der Waals surface area contributed by atoms with Gasteiger partial charge in [0.15, 0.2) is 0 Å². The van der Waals surface area contributed by atoms with Crippen molar-refractivity contribution in [1.82, 2.24) is 9.55 Å². The van der Waals surface area contributed by atoms with Crippen molar-refractivity contribution >= 4 is 22.9 Å². The van der Waals surface area contributed by atoms with E-state index in [0.29, 0.717) is 5.88 Å². The van der Waals surface area contributed by atoms with E-state index < -0.39 is 0 Å². The predicted octanol–water partition coefficient (Wildman–Crippen LogP) is 3.04. The van der Waals surface area contributed by atoms with E-state index in [4.69, 9.17) is 11.6 Å². The predicted molar refractivity (Wildman–Crippen MR) is 59.9 cm³/mol. The first-order chi connectivity index (χ1) is 6.79. The molecule has 0 N–H and O–H groups in total. The van der Waals surface area contributed by atoms with E-state index in [1.807, 2.05) is 12.5 Å². The molecule has 0 saturated heterocycles. The van der Waals surface area contributed by atoms with E-state index in [2.05, 4.69) is 27.2 Å². The Kier molecular flexibility index (Phi) is 2.89. The summed E-state index contributed by atoms with van der Waals surface area (Å²) in [6, 6.07) is 0. The number of imidazole rings is 1. The average Bonchev–Trinajstić information content (AvgIpc) is 2.77. The summed E-state index contributed by atoms with van der Waals surface area (Å²) in [4.78, 5) is 4.18. The third-order valence-electron chi connectivity index (χ3n) is 2.14. The zero-order valence-corrected chi connectivity index (χ0v) is 9.48. The van der Waals surface area contributed by atoms with Crippen LogP contribution in [0.15, 0.2) is 23.3 Å². The van der Waals surface area contributed by atoms with E-state index >= 15 is 0 Å². The molecule has 0 aromatic carbocycles. The Morgan fingerprint density at radius 1 is 1.50 bits per heavy atom. The smallest absolute Gasteiger partial charge is 0.0953 e. The molecule has 0 saturated carbocycles. The van der Waals surface area contributed by atoms with Gasteiger partial charge in [-0.2, -0.15) is 11.3 Å². The fourth-order valence-electron chi connectivity index (χ4n) is 1.31. The van der Waals surface area contributed by atoms with Crippen molar-refractivity contribution in [3.8, 4) is 0 Å². The van der Waals surface area contributed by atoms with E-state index in [1.54, 1.807) is 11.3 Å². The first kappa shape index (κ1) is 9.74. The Bertz CT molecular complexity index is 419. The third-order valence-corrected chi connectivity index (χ3v) is 3.32. The van der Waals surface area contributed by atoms with Gasteiger partial charge in [-0.3, -0.25) is 0 Å². The molecule has 0 unspecified atom stereocenters. The lowest BCUT2D eigenvalue weighted by Gasteiger charge is -2.00. The number of alkyl halides is 1. The summed E-state index contributed by atoms with van der Waals surface area (Å²) in [5, 5.41) is 4.34. The van der Waals surface area contributed by atoms with Gasteiger partial charge in [-0.25, -0.2) is 4.98 Å². The van der Waals surface area contributed by atoms with Crippen molar-refractivity contribution in [2.24, 2.45) is 0 Å². The van der Waals surface area contributed by atoms with Crippen molar-refractivity contribution in [2.75, 3.05) is 0 Å². The molecule has 4 heteroatoms. The summed E-state index contributed by atoms with van der Waals surface area (Å²) >= 11 is 7.42. The molecule has 0 aliphatic carbocycles. The van der Waals surface area contributed by atoms with E-state index in [1.165, 1.54) is 11.1 Å². The van der Waals surface area contributed by atoms with Crippen molar-refractivity contribution in [3.63, 3.8) is 0 Å². The minimum atomic E-state index is 0.482. The van der Waals surface area contributed by atoms with Crippen LogP contribution in [0.1, 0.15) is 16.8 Å². The van der Waals surface area contributed by atoms with Crippen molar-refractivity contribution in [1.29, 1.82) is 0 Å². The van der Waals surface area contributed by atoms with Gasteiger partial charge in [-0.15, -0.1) is 11.6 Å². The molecular weight excluding hydrogens is 216 g/mol. The van der Waals surface area contributed by atoms with E-state index in [9.17, 15) is 0 Å². The van der Waals surface area contributed by atoms with Crippen LogP contribution in [-0.2, 0) is 12.4 Å². The van der Waals surface area contributed by atoms with Gasteiger partial charge in [0.05, 0.1) is 17.9 Å². The molecule has 0 spiro atoms. The van der Waals surface area contributed by atoms with Gasteiger partial charge in [0.25, 0.3) is 0 Å². The van der Waals surface area contributed by atoms with Crippen molar-refractivity contribution in [3.05, 3.63) is 40.1 Å². The summed E-state index contributed by atoms with van der Waals surface area (Å²) in [5.74, 6) is 0.482. The highest BCUT2D eigenvalue weighted by Crippen LogP contribution is 2.15. The summed E-state index contributed by atoms with van der Waals surface area (Å²) in [6.07, 6.45) is 3.82. The van der Waals surface area contributed by atoms with Crippen LogP contribution in [0.4, 0.5) is 0 Å². The lowest BCUT2D eigenvalue weighted by molar-refractivity contribution is 0.795. The van der Waals surface area contributed by atoms with Gasteiger partial charge >= 0.3 is 0 Å². The van der Waals surface area contributed by atoms with Crippen molar-refractivity contribution in [2.45, 2.75) is 19.3 Å². The fourth-order valence-corrected chi connectivity index (χ4v) is 2.29. The minimum Gasteiger partial charge on any atom is -0.333 e. The summed E-state index contributed by atoms with van der Waals surface area (Å²) < 4.78 is 2.06. The van der Waals surface area contributed by atoms with Gasteiger partial charge in [0, 0.05) is 12.7 Å². The first-order valence-electron chi connectivity index (χ1n) is 4.38. The second-order valence-electron chi connectivity index (χ2n) is 3.25. The summed E-state index contributed by atoms with van der Waals surface area (Å²) in [6.45, 7) is 3.02. The lowest BCUT2D eigenvalue weighted by atomic mass is 10.2. The monoisotopic (exact) mass is 226 g/mol. The van der Waals surface area contributed by atoms with Gasteiger partial charge < -0.3 is 4.57 Å². The molecule has 74 valence electrons. The number of rotatable bonds is 3. The van der Waals surface area contributed by atoms with Crippen LogP contribution in [0.5, 0.6) is 0 Å². The van der Waals surface area contributed by atoms with E-state index in [-0.39, 0.29) is 0 Å². The molecule has 0 bridgehead atoms. The molecule has 0 amide bonds. The summed E-state index contributed by atoms with van der Waals surface area (Å²) in [7, 11) is 0. The number of hydrogen-bond acceptors (Lipinski definition) is 2. The standard InChI is InChI=1S/C10H11ClN2S/c1-8-5-14-6-9(8)3-13-4-10(2-11)12-7-13/h4-7H,2-3H2,1H3. The Balaban J connectivity index is 2.15. The Hall–Kier alpha value is -0.800. The quantitative estimate of drug-likeness (QED) is 0.736. The molecule has 2 aromatic rings. The second kappa shape index (κ2) is 4.15. The molecule has 0 radical (unpaired) electrons. The van der Waals surface area contributed by atoms with Crippen LogP contribution in [0, 0.1) is 6.92 Å². The number of halogens is 1. The molecule has 14 heavy (non-hydrogen) atoms. The zero-order chi connectivity index (χ0) is 9.97. The van der Waals surface area contributed by atoms with Gasteiger partial charge in [-0.1, -0.05) is 0 Å². The molecule has 0 fully saturated rings. The lowest BCUT2D eigenvalue weighted by Crippen LogP contribution is -1.96. The Morgan fingerprint density at radius 3 is 2.93 bits per heavy atom. The SMILES string of the molecule is Cc1cscc1Cn1cnc(CCl)c1. The molecular formula is C10H11ClN2S. The first-order valence-corrected chi connectivity index (χ1v) is 5.85. The maximum Gasteiger partial charge on any atom is 0.0953 e. The van der Waals surface area contributed by atoms with Crippen LogP contribution in [-0.4, -0.2) is 9.55 Å². The number of thiophene rings is 1. The Morgan fingerprint density at radius 2 is 2.36 bits per heavy atom. The maximum atomic E-state index is 5.68. The molecule has 2 aromatic heterocycles. The highest BCUT2D eigenvalue weighted by atomic mass is 35.5. The second-order valence-corrected chi connectivity index (χ2v) is 4.26. The van der Waals surface area contributed by atoms with Crippen molar-refractivity contribution < 1.29 is 0 Å². The molecule has 0 aliphatic heterocycles. The van der Waals surface area contributed by atoms with Crippen LogP contribution < -0.4 is 0 Å². The largest absolute Gasteiger partial charge is 0.333 e. The molecule has 2 nitrogen and oxygen atoms in total. The van der Waals surface area contributed by atoms with Gasteiger partial charge in [0.2, 0.25) is 0 Å². The third kappa shape index (κ3) is 1.99. The molecule has 0 aliphatic rings. The number of hydrogen-bond donors (Lipinski definition) is 0. The highest BCUT2D eigenvalue weighted by molar-refractivity contribution is 7.08. The van der Waals surface area contributed by atoms with Gasteiger partial charge in [-0.05, 0) is 28.8 Å². The zero-order valence-electron chi connectivity index (χ0n) is 7.90. The van der Waals surface area contributed by atoms with E-state index in [0.717, 1.165) is 12.2 Å². The average molecular weight is 227 g/mol. The molecule has 2 heterocycles. The van der Waals surface area contributed by atoms with Gasteiger partial charge in [0.1, 0.15) is 0 Å². The number of nitrogens with zero attached hydrogens (tertiary/aromatic N) is 2. The van der Waals surface area contributed by atoms with Crippen LogP contribution in [0.3, 0.4) is 0 Å². The van der Waals surface area contributed by atoms with Crippen LogP contribution in [0.2, 0.25) is 0 Å². The minimum absolute atomic E-state index is 0.482. The molecule has 0 atom stereocenters. The number of aryl methyl sites for hydroxylation is 1. The topological polar surface area (TPSA) is 17.8 Å². The summed E-state index contributed by atoms with van der Waals surface area (Å²) in [5.41, 5.74) is 3.63. The highest BCUT2D eigenvalue weighted by Gasteiger charge is 2.01. The molecule has 2 rings (SSSR count). The van der Waals surface area contributed by atoms with Crippen LogP contribution >= 0.6 is 22.9 Å².